The first-order chi connectivity index (χ1) is 9.99. The van der Waals surface area contributed by atoms with Crippen molar-refractivity contribution in [1.29, 1.82) is 0 Å². The van der Waals surface area contributed by atoms with Crippen LogP contribution in [-0.2, 0) is 4.74 Å². The number of imidazole rings is 1. The molecule has 0 unspecified atom stereocenters. The molecule has 4 nitrogen and oxygen atoms in total. The van der Waals surface area contributed by atoms with E-state index in [9.17, 15) is 4.79 Å². The van der Waals surface area contributed by atoms with Crippen LogP contribution in [0.2, 0.25) is 0 Å². The molecule has 0 saturated carbocycles. The number of hydrogen-bond donors (Lipinski definition) is 0. The third kappa shape index (κ3) is 3.72. The molecule has 0 N–H and O–H groups in total. The molecule has 1 heterocycles. The quantitative estimate of drug-likeness (QED) is 0.789. The van der Waals surface area contributed by atoms with Crippen LogP contribution in [0.3, 0.4) is 0 Å². The van der Waals surface area contributed by atoms with E-state index >= 15 is 0 Å². The monoisotopic (exact) mass is 286 g/mol. The van der Waals surface area contributed by atoms with Crippen LogP contribution in [0.4, 0.5) is 0 Å². The Morgan fingerprint density at radius 3 is 2.52 bits per heavy atom. The van der Waals surface area contributed by atoms with Crippen LogP contribution in [0.15, 0.2) is 36.8 Å². The van der Waals surface area contributed by atoms with Crippen molar-refractivity contribution in [2.24, 2.45) is 5.92 Å². The fourth-order valence-electron chi connectivity index (χ4n) is 2.09. The van der Waals surface area contributed by atoms with Gasteiger partial charge in [-0.25, -0.2) is 9.78 Å². The number of carbonyl (C=O) groups is 1. The Kier molecular flexibility index (Phi) is 4.78. The molecule has 0 spiro atoms. The van der Waals surface area contributed by atoms with Crippen molar-refractivity contribution in [2.75, 3.05) is 6.61 Å². The number of carbonyl (C=O) groups excluding carboxylic acids is 1. The predicted octanol–water partition coefficient (Wildman–Crippen LogP) is 3.61. The van der Waals surface area contributed by atoms with Gasteiger partial charge in [-0.1, -0.05) is 43.7 Å². The zero-order valence-electron chi connectivity index (χ0n) is 13.0. The van der Waals surface area contributed by atoms with Gasteiger partial charge < -0.3 is 9.30 Å². The van der Waals surface area contributed by atoms with Crippen LogP contribution < -0.4 is 0 Å². The van der Waals surface area contributed by atoms with Crippen molar-refractivity contribution in [3.8, 4) is 0 Å². The summed E-state index contributed by atoms with van der Waals surface area (Å²) in [6.07, 6.45) is 3.24. The first-order valence-corrected chi connectivity index (χ1v) is 7.24. The van der Waals surface area contributed by atoms with E-state index in [1.165, 1.54) is 5.56 Å². The van der Waals surface area contributed by atoms with E-state index in [4.69, 9.17) is 4.74 Å². The molecular formula is C17H22N2O2. The number of ether oxygens (including phenoxy) is 1. The Balaban J connectivity index is 2.19. The number of aromatic nitrogens is 2. The largest absolute Gasteiger partial charge is 0.461 e. The normalized spacial score (nSPS) is 12.4. The van der Waals surface area contributed by atoms with E-state index in [1.54, 1.807) is 12.5 Å². The minimum Gasteiger partial charge on any atom is -0.461 e. The van der Waals surface area contributed by atoms with Crippen molar-refractivity contribution in [2.45, 2.75) is 33.7 Å². The van der Waals surface area contributed by atoms with Crippen LogP contribution in [0, 0.1) is 12.8 Å². The van der Waals surface area contributed by atoms with Gasteiger partial charge in [-0.2, -0.15) is 0 Å². The Labute approximate surface area is 125 Å². The van der Waals surface area contributed by atoms with Gasteiger partial charge in [0.2, 0.25) is 0 Å². The second-order valence-corrected chi connectivity index (χ2v) is 5.77. The van der Waals surface area contributed by atoms with E-state index in [1.807, 2.05) is 25.3 Å². The van der Waals surface area contributed by atoms with E-state index in [2.05, 4.69) is 36.2 Å². The highest BCUT2D eigenvalue weighted by Crippen LogP contribution is 2.20. The first-order valence-electron chi connectivity index (χ1n) is 7.24. The molecule has 1 aromatic carbocycles. The maximum atomic E-state index is 12.1. The van der Waals surface area contributed by atoms with Crippen LogP contribution >= 0.6 is 0 Å². The van der Waals surface area contributed by atoms with Crippen LogP contribution in [0.5, 0.6) is 0 Å². The summed E-state index contributed by atoms with van der Waals surface area (Å²) < 4.78 is 7.15. The summed E-state index contributed by atoms with van der Waals surface area (Å²) in [7, 11) is 0. The van der Waals surface area contributed by atoms with Crippen LogP contribution in [-0.4, -0.2) is 22.1 Å². The first kappa shape index (κ1) is 15.3. The summed E-state index contributed by atoms with van der Waals surface area (Å²) in [5.74, 6) is 0.00000474. The zero-order chi connectivity index (χ0) is 15.4. The molecule has 0 amide bonds. The van der Waals surface area contributed by atoms with Crippen molar-refractivity contribution in [3.63, 3.8) is 0 Å². The lowest BCUT2D eigenvalue weighted by molar-refractivity contribution is 0.0445. The number of aryl methyl sites for hydroxylation is 1. The molecule has 2 rings (SSSR count). The molecule has 0 aliphatic rings. The van der Waals surface area contributed by atoms with Gasteiger partial charge in [0, 0.05) is 0 Å². The Bertz CT molecular complexity index is 600. The average molecular weight is 286 g/mol. The van der Waals surface area contributed by atoms with E-state index in [0.29, 0.717) is 18.2 Å². The van der Waals surface area contributed by atoms with Gasteiger partial charge >= 0.3 is 5.97 Å². The molecule has 0 saturated heterocycles. The number of benzene rings is 1. The highest BCUT2D eigenvalue weighted by Gasteiger charge is 2.18. The molecule has 0 bridgehead atoms. The molecule has 112 valence electrons. The number of nitrogens with zero attached hydrogens (tertiary/aromatic N) is 2. The van der Waals surface area contributed by atoms with Crippen molar-refractivity contribution in [1.82, 2.24) is 9.55 Å². The number of rotatable bonds is 5. The summed E-state index contributed by atoms with van der Waals surface area (Å²) in [4.78, 5) is 16.2. The predicted molar refractivity (Wildman–Crippen MR) is 82.3 cm³/mol. The highest BCUT2D eigenvalue weighted by molar-refractivity contribution is 5.87. The fraction of sp³-hybridized carbons (Fsp3) is 0.412. The topological polar surface area (TPSA) is 44.1 Å². The molecular weight excluding hydrogens is 264 g/mol. The van der Waals surface area contributed by atoms with Gasteiger partial charge in [-0.05, 0) is 25.3 Å². The van der Waals surface area contributed by atoms with Crippen molar-refractivity contribution < 1.29 is 9.53 Å². The van der Waals surface area contributed by atoms with Crippen LogP contribution in [0.1, 0.15) is 48.4 Å². The SMILES string of the molecule is Cc1ccc([C@@H](C)n2cncc2C(=O)OCC(C)C)cc1. The van der Waals surface area contributed by atoms with Crippen LogP contribution in [0.25, 0.3) is 0 Å². The summed E-state index contributed by atoms with van der Waals surface area (Å²) in [5.41, 5.74) is 2.84. The second-order valence-electron chi connectivity index (χ2n) is 5.77. The smallest absolute Gasteiger partial charge is 0.356 e. The fourth-order valence-corrected chi connectivity index (χ4v) is 2.09. The molecule has 1 aromatic heterocycles. The summed E-state index contributed by atoms with van der Waals surface area (Å²) in [6, 6.07) is 8.32. The third-order valence-corrected chi connectivity index (χ3v) is 3.40. The third-order valence-electron chi connectivity index (χ3n) is 3.40. The van der Waals surface area contributed by atoms with Gasteiger partial charge in [-0.15, -0.1) is 0 Å². The lowest BCUT2D eigenvalue weighted by Gasteiger charge is -2.17. The highest BCUT2D eigenvalue weighted by atomic mass is 16.5. The van der Waals surface area contributed by atoms with E-state index in [0.717, 1.165) is 5.56 Å². The summed E-state index contributed by atoms with van der Waals surface area (Å²) >= 11 is 0. The molecule has 1 atom stereocenters. The minimum absolute atomic E-state index is 0.0368. The molecule has 21 heavy (non-hydrogen) atoms. The van der Waals surface area contributed by atoms with Gasteiger partial charge in [-0.3, -0.25) is 0 Å². The van der Waals surface area contributed by atoms with Crippen molar-refractivity contribution >= 4 is 5.97 Å². The standard InChI is InChI=1S/C17H22N2O2/c1-12(2)10-21-17(20)16-9-18-11-19(16)14(4)15-7-5-13(3)6-8-15/h5-9,11-12,14H,10H2,1-4H3/t14-/m1/s1. The average Bonchev–Trinajstić information content (AvgIpc) is 2.94. The molecule has 0 aliphatic carbocycles. The molecule has 0 aliphatic heterocycles. The Morgan fingerprint density at radius 2 is 1.90 bits per heavy atom. The van der Waals surface area contributed by atoms with Gasteiger partial charge in [0.05, 0.1) is 25.2 Å². The Morgan fingerprint density at radius 1 is 1.24 bits per heavy atom. The zero-order valence-corrected chi connectivity index (χ0v) is 13.0. The van der Waals surface area contributed by atoms with Gasteiger partial charge in [0.15, 0.2) is 0 Å². The van der Waals surface area contributed by atoms with E-state index < -0.39 is 0 Å². The summed E-state index contributed by atoms with van der Waals surface area (Å²) in [5, 5.41) is 0. The number of esters is 1. The summed E-state index contributed by atoms with van der Waals surface area (Å²) in [6.45, 7) is 8.55. The molecule has 0 fully saturated rings. The Hall–Kier alpha value is -2.10. The lowest BCUT2D eigenvalue weighted by Crippen LogP contribution is -2.17. The van der Waals surface area contributed by atoms with E-state index in [-0.39, 0.29) is 12.0 Å². The maximum absolute atomic E-state index is 12.1. The van der Waals surface area contributed by atoms with Crippen molar-refractivity contribution in [3.05, 3.63) is 53.6 Å². The van der Waals surface area contributed by atoms with Gasteiger partial charge in [0.1, 0.15) is 5.69 Å². The molecule has 0 radical (unpaired) electrons. The molecule has 2 aromatic rings. The molecule has 4 heteroatoms. The lowest BCUT2D eigenvalue weighted by atomic mass is 10.1. The van der Waals surface area contributed by atoms with Gasteiger partial charge in [0.25, 0.3) is 0 Å². The maximum Gasteiger partial charge on any atom is 0.356 e. The minimum atomic E-state index is -0.319. The number of hydrogen-bond acceptors (Lipinski definition) is 3. The second kappa shape index (κ2) is 6.57.